The molecule has 0 aliphatic carbocycles. The predicted molar refractivity (Wildman–Crippen MR) is 57.6 cm³/mol. The topological polar surface area (TPSA) is 58.6 Å². The average molecular weight is 218 g/mol. The lowest BCUT2D eigenvalue weighted by Gasteiger charge is -2.18. The van der Waals surface area contributed by atoms with Gasteiger partial charge >= 0.3 is 0 Å². The number of hydrazine groups is 1. The van der Waals surface area contributed by atoms with Crippen LogP contribution in [-0.4, -0.2) is 23.9 Å². The first-order valence-electron chi connectivity index (χ1n) is 4.68. The third-order valence-corrected chi connectivity index (χ3v) is 2.15. The Bertz CT molecular complexity index is 450. The number of hydrogen-bond acceptors (Lipinski definition) is 4. The molecule has 0 fully saturated rings. The molecule has 1 N–H and O–H groups in total. The lowest BCUT2D eigenvalue weighted by atomic mass is 10.3. The molecule has 1 aliphatic heterocycles. The van der Waals surface area contributed by atoms with Gasteiger partial charge < -0.3 is 4.74 Å². The van der Waals surface area contributed by atoms with Gasteiger partial charge in [-0.15, -0.1) is 0 Å². The standard InChI is InChI=1S/C11H10N2O3/c1-16-9-5-3-2-4-8(9)12-13-10(14)6-7-11(13)15/h2-7,12H,1H3. The number of benzene rings is 1. The van der Waals surface area contributed by atoms with Crippen molar-refractivity contribution in [3.8, 4) is 5.75 Å². The molecule has 0 unspecified atom stereocenters. The molecule has 16 heavy (non-hydrogen) atoms. The van der Waals surface area contributed by atoms with E-state index in [-0.39, 0.29) is 0 Å². The zero-order valence-corrected chi connectivity index (χ0v) is 8.64. The van der Waals surface area contributed by atoms with Gasteiger partial charge in [-0.1, -0.05) is 12.1 Å². The minimum Gasteiger partial charge on any atom is -0.495 e. The number of carbonyl (C=O) groups excluding carboxylic acids is 2. The van der Waals surface area contributed by atoms with E-state index in [1.807, 2.05) is 0 Å². The van der Waals surface area contributed by atoms with Gasteiger partial charge in [0.2, 0.25) is 0 Å². The van der Waals surface area contributed by atoms with Crippen LogP contribution in [-0.2, 0) is 9.59 Å². The van der Waals surface area contributed by atoms with E-state index < -0.39 is 11.8 Å². The van der Waals surface area contributed by atoms with E-state index in [0.717, 1.165) is 5.01 Å². The Morgan fingerprint density at radius 1 is 1.12 bits per heavy atom. The largest absolute Gasteiger partial charge is 0.495 e. The van der Waals surface area contributed by atoms with Crippen LogP contribution in [0.3, 0.4) is 0 Å². The van der Waals surface area contributed by atoms with Crippen LogP contribution in [0.1, 0.15) is 0 Å². The molecule has 0 saturated carbocycles. The molecular weight excluding hydrogens is 208 g/mol. The highest BCUT2D eigenvalue weighted by Crippen LogP contribution is 2.24. The summed E-state index contributed by atoms with van der Waals surface area (Å²) in [5.74, 6) is -0.221. The van der Waals surface area contributed by atoms with E-state index in [9.17, 15) is 9.59 Å². The van der Waals surface area contributed by atoms with Gasteiger partial charge in [0, 0.05) is 12.2 Å². The summed E-state index contributed by atoms with van der Waals surface area (Å²) >= 11 is 0. The van der Waals surface area contributed by atoms with E-state index in [0.29, 0.717) is 11.4 Å². The Balaban J connectivity index is 2.21. The SMILES string of the molecule is COc1ccccc1NN1C(=O)C=CC1=O. The number of anilines is 1. The van der Waals surface area contributed by atoms with Crippen molar-refractivity contribution in [2.24, 2.45) is 0 Å². The Labute approximate surface area is 92.3 Å². The molecule has 5 nitrogen and oxygen atoms in total. The lowest BCUT2D eigenvalue weighted by molar-refractivity contribution is -0.135. The summed E-state index contributed by atoms with van der Waals surface area (Å²) in [7, 11) is 1.52. The summed E-state index contributed by atoms with van der Waals surface area (Å²) in [6.45, 7) is 0. The van der Waals surface area contributed by atoms with Crippen molar-refractivity contribution < 1.29 is 14.3 Å². The van der Waals surface area contributed by atoms with E-state index in [2.05, 4.69) is 5.43 Å². The molecule has 2 rings (SSSR count). The number of para-hydroxylation sites is 2. The molecule has 2 amide bonds. The summed E-state index contributed by atoms with van der Waals surface area (Å²) < 4.78 is 5.09. The second-order valence-electron chi connectivity index (χ2n) is 3.16. The second kappa shape index (κ2) is 4.06. The van der Waals surface area contributed by atoms with Crippen molar-refractivity contribution >= 4 is 17.5 Å². The molecule has 0 atom stereocenters. The molecular formula is C11H10N2O3. The fourth-order valence-corrected chi connectivity index (χ4v) is 1.37. The maximum atomic E-state index is 11.3. The summed E-state index contributed by atoms with van der Waals surface area (Å²) in [6.07, 6.45) is 2.43. The monoisotopic (exact) mass is 218 g/mol. The second-order valence-corrected chi connectivity index (χ2v) is 3.16. The first kappa shape index (κ1) is 10.2. The average Bonchev–Trinajstić information content (AvgIpc) is 2.61. The predicted octanol–water partition coefficient (Wildman–Crippen LogP) is 0.947. The van der Waals surface area contributed by atoms with Crippen LogP contribution in [0.2, 0.25) is 0 Å². The van der Waals surface area contributed by atoms with E-state index in [1.165, 1.54) is 19.3 Å². The van der Waals surface area contributed by atoms with Crippen LogP contribution >= 0.6 is 0 Å². The van der Waals surface area contributed by atoms with Gasteiger partial charge in [-0.25, -0.2) is 0 Å². The van der Waals surface area contributed by atoms with Crippen LogP contribution in [0.25, 0.3) is 0 Å². The van der Waals surface area contributed by atoms with Gasteiger partial charge in [0.05, 0.1) is 12.8 Å². The molecule has 0 saturated heterocycles. The fraction of sp³-hybridized carbons (Fsp3) is 0.0909. The number of hydrogen-bond donors (Lipinski definition) is 1. The highest BCUT2D eigenvalue weighted by molar-refractivity contribution is 6.13. The van der Waals surface area contributed by atoms with Crippen LogP contribution in [0.15, 0.2) is 36.4 Å². The summed E-state index contributed by atoms with van der Waals surface area (Å²) in [5.41, 5.74) is 3.27. The quantitative estimate of drug-likeness (QED) is 0.767. The van der Waals surface area contributed by atoms with Crippen molar-refractivity contribution in [2.45, 2.75) is 0 Å². The fourth-order valence-electron chi connectivity index (χ4n) is 1.37. The molecule has 0 radical (unpaired) electrons. The summed E-state index contributed by atoms with van der Waals surface area (Å²) in [5, 5.41) is 0.928. The van der Waals surface area contributed by atoms with Gasteiger partial charge in [-0.05, 0) is 12.1 Å². The minimum atomic E-state index is -0.393. The smallest absolute Gasteiger partial charge is 0.272 e. The van der Waals surface area contributed by atoms with Crippen molar-refractivity contribution in [3.63, 3.8) is 0 Å². The Hall–Kier alpha value is -2.30. The van der Waals surface area contributed by atoms with Gasteiger partial charge in [-0.2, -0.15) is 5.01 Å². The molecule has 82 valence electrons. The van der Waals surface area contributed by atoms with Gasteiger partial charge in [-0.3, -0.25) is 15.0 Å². The first-order valence-corrected chi connectivity index (χ1v) is 4.68. The maximum Gasteiger partial charge on any atom is 0.272 e. The Kier molecular flexibility index (Phi) is 2.59. The molecule has 5 heteroatoms. The Morgan fingerprint density at radius 3 is 2.38 bits per heavy atom. The maximum absolute atomic E-state index is 11.3. The molecule has 0 bridgehead atoms. The number of rotatable bonds is 3. The molecule has 0 aromatic heterocycles. The third kappa shape index (κ3) is 1.75. The number of carbonyl (C=O) groups is 2. The third-order valence-electron chi connectivity index (χ3n) is 2.15. The van der Waals surface area contributed by atoms with Crippen molar-refractivity contribution in [1.82, 2.24) is 5.01 Å². The number of ether oxygens (including phenoxy) is 1. The van der Waals surface area contributed by atoms with Gasteiger partial charge in [0.25, 0.3) is 11.8 Å². The number of amides is 2. The van der Waals surface area contributed by atoms with Crippen molar-refractivity contribution in [2.75, 3.05) is 12.5 Å². The lowest BCUT2D eigenvalue weighted by Crippen LogP contribution is -2.35. The Morgan fingerprint density at radius 2 is 1.75 bits per heavy atom. The highest BCUT2D eigenvalue weighted by atomic mass is 16.5. The molecule has 0 spiro atoms. The van der Waals surface area contributed by atoms with Crippen LogP contribution in [0, 0.1) is 0 Å². The number of nitrogens with zero attached hydrogens (tertiary/aromatic N) is 1. The minimum absolute atomic E-state index is 0.393. The van der Waals surface area contributed by atoms with E-state index in [4.69, 9.17) is 4.74 Å². The number of methoxy groups -OCH3 is 1. The normalized spacial score (nSPS) is 14.4. The van der Waals surface area contributed by atoms with Crippen molar-refractivity contribution in [3.05, 3.63) is 36.4 Å². The molecule has 1 aromatic rings. The zero-order valence-electron chi connectivity index (χ0n) is 8.64. The van der Waals surface area contributed by atoms with Gasteiger partial charge in [0.15, 0.2) is 0 Å². The number of imide groups is 1. The number of nitrogens with one attached hydrogen (secondary N) is 1. The molecule has 1 aromatic carbocycles. The first-order chi connectivity index (χ1) is 7.72. The van der Waals surface area contributed by atoms with Gasteiger partial charge in [0.1, 0.15) is 5.75 Å². The van der Waals surface area contributed by atoms with Crippen LogP contribution < -0.4 is 10.2 Å². The molecule has 1 heterocycles. The van der Waals surface area contributed by atoms with Crippen LogP contribution in [0.5, 0.6) is 5.75 Å². The summed E-state index contributed by atoms with van der Waals surface area (Å²) in [6, 6.07) is 7.04. The van der Waals surface area contributed by atoms with Crippen LogP contribution in [0.4, 0.5) is 5.69 Å². The highest BCUT2D eigenvalue weighted by Gasteiger charge is 2.24. The summed E-state index contributed by atoms with van der Waals surface area (Å²) in [4.78, 5) is 22.6. The van der Waals surface area contributed by atoms with E-state index >= 15 is 0 Å². The molecule has 1 aliphatic rings. The van der Waals surface area contributed by atoms with Crippen molar-refractivity contribution in [1.29, 1.82) is 0 Å². The van der Waals surface area contributed by atoms with E-state index in [1.54, 1.807) is 24.3 Å². The zero-order chi connectivity index (χ0) is 11.5.